The van der Waals surface area contributed by atoms with E-state index in [1.807, 2.05) is 6.92 Å². The molecule has 0 aliphatic heterocycles. The predicted octanol–water partition coefficient (Wildman–Crippen LogP) is 2.22. The third-order valence-corrected chi connectivity index (χ3v) is 2.43. The van der Waals surface area contributed by atoms with Gasteiger partial charge < -0.3 is 16.4 Å². The van der Waals surface area contributed by atoms with Crippen LogP contribution >= 0.6 is 23.8 Å². The van der Waals surface area contributed by atoms with Gasteiger partial charge in [0.15, 0.2) is 11.1 Å². The number of anilines is 1. The minimum atomic E-state index is -0.498. The molecule has 5 N–H and O–H groups in total. The first-order chi connectivity index (χ1) is 7.93. The molecular formula is C10H12ClFN4S. The van der Waals surface area contributed by atoms with Crippen molar-refractivity contribution in [3.05, 3.63) is 28.5 Å². The number of rotatable bonds is 2. The van der Waals surface area contributed by atoms with Crippen LogP contribution in [0.5, 0.6) is 0 Å². The quantitative estimate of drug-likeness (QED) is 0.379. The highest BCUT2D eigenvalue weighted by Crippen LogP contribution is 2.25. The van der Waals surface area contributed by atoms with Gasteiger partial charge in [-0.25, -0.2) is 4.39 Å². The first-order valence-corrected chi connectivity index (χ1v) is 5.62. The van der Waals surface area contributed by atoms with Gasteiger partial charge in [0.1, 0.15) is 5.82 Å². The summed E-state index contributed by atoms with van der Waals surface area (Å²) < 4.78 is 13.7. The normalized spacial score (nSPS) is 9.82. The van der Waals surface area contributed by atoms with E-state index in [-0.39, 0.29) is 16.8 Å². The maximum atomic E-state index is 13.7. The van der Waals surface area contributed by atoms with Crippen molar-refractivity contribution in [2.75, 3.05) is 5.32 Å². The van der Waals surface area contributed by atoms with Gasteiger partial charge in [-0.2, -0.15) is 0 Å². The lowest BCUT2D eigenvalue weighted by molar-refractivity contribution is 0.630. The summed E-state index contributed by atoms with van der Waals surface area (Å²) in [5, 5.41) is 12.4. The first-order valence-electron chi connectivity index (χ1n) is 4.84. The number of guanidine groups is 1. The highest BCUT2D eigenvalue weighted by molar-refractivity contribution is 7.80. The van der Waals surface area contributed by atoms with Gasteiger partial charge in [-0.15, -0.1) is 0 Å². The molecule has 1 aromatic carbocycles. The zero-order valence-corrected chi connectivity index (χ0v) is 10.7. The Kier molecular flexibility index (Phi) is 4.65. The average Bonchev–Trinajstić information content (AvgIpc) is 2.20. The molecule has 1 aromatic rings. The number of nitrogens with two attached hydrogens (primary N) is 1. The molecule has 0 aromatic heterocycles. The molecule has 0 spiro atoms. The summed E-state index contributed by atoms with van der Waals surface area (Å²) in [5.74, 6) is -0.808. The topological polar surface area (TPSA) is 73.9 Å². The molecule has 0 bridgehead atoms. The van der Waals surface area contributed by atoms with Crippen molar-refractivity contribution in [3.63, 3.8) is 0 Å². The average molecular weight is 275 g/mol. The second-order valence-corrected chi connectivity index (χ2v) is 4.11. The minimum absolute atomic E-state index is 0.0634. The molecule has 4 nitrogen and oxygen atoms in total. The molecule has 0 saturated heterocycles. The van der Waals surface area contributed by atoms with Gasteiger partial charge in [-0.3, -0.25) is 5.41 Å². The predicted molar refractivity (Wildman–Crippen MR) is 72.1 cm³/mol. The number of halogens is 2. The molecule has 1 rings (SSSR count). The Labute approximate surface area is 109 Å². The van der Waals surface area contributed by atoms with E-state index in [0.717, 1.165) is 0 Å². The number of hydrogen-bond donors (Lipinski definition) is 4. The lowest BCUT2D eigenvalue weighted by Gasteiger charge is -2.13. The summed E-state index contributed by atoms with van der Waals surface area (Å²) in [6.07, 6.45) is 0.600. The van der Waals surface area contributed by atoms with Gasteiger partial charge in [0.05, 0.1) is 5.69 Å². The van der Waals surface area contributed by atoms with Crippen LogP contribution in [0.15, 0.2) is 12.1 Å². The third-order valence-electron chi connectivity index (χ3n) is 2.00. The van der Waals surface area contributed by atoms with Crippen LogP contribution in [0.25, 0.3) is 0 Å². The molecule has 0 unspecified atom stereocenters. The summed E-state index contributed by atoms with van der Waals surface area (Å²) in [7, 11) is 0. The van der Waals surface area contributed by atoms with Gasteiger partial charge >= 0.3 is 0 Å². The van der Waals surface area contributed by atoms with Crippen molar-refractivity contribution in [1.29, 1.82) is 5.41 Å². The van der Waals surface area contributed by atoms with E-state index < -0.39 is 5.82 Å². The molecule has 0 heterocycles. The molecule has 0 fully saturated rings. The zero-order chi connectivity index (χ0) is 13.0. The van der Waals surface area contributed by atoms with Crippen LogP contribution in [0.3, 0.4) is 0 Å². The smallest absolute Gasteiger partial charge is 0.192 e. The Morgan fingerprint density at radius 3 is 2.76 bits per heavy atom. The molecule has 0 amide bonds. The maximum absolute atomic E-state index is 13.7. The number of aryl methyl sites for hydroxylation is 1. The van der Waals surface area contributed by atoms with Crippen molar-refractivity contribution in [3.8, 4) is 0 Å². The van der Waals surface area contributed by atoms with E-state index in [1.54, 1.807) is 6.07 Å². The van der Waals surface area contributed by atoms with Gasteiger partial charge in [0.25, 0.3) is 0 Å². The highest BCUT2D eigenvalue weighted by Gasteiger charge is 2.11. The Hall–Kier alpha value is -1.40. The van der Waals surface area contributed by atoms with Crippen LogP contribution in [-0.2, 0) is 6.42 Å². The summed E-state index contributed by atoms with van der Waals surface area (Å²) in [6.45, 7) is 1.87. The Balaban J connectivity index is 2.97. The summed E-state index contributed by atoms with van der Waals surface area (Å²) in [4.78, 5) is 0. The monoisotopic (exact) mass is 274 g/mol. The van der Waals surface area contributed by atoms with E-state index >= 15 is 0 Å². The van der Waals surface area contributed by atoms with Gasteiger partial charge in [0, 0.05) is 5.02 Å². The minimum Gasteiger partial charge on any atom is -0.370 e. The molecule has 0 aliphatic rings. The second-order valence-electron chi connectivity index (χ2n) is 3.27. The van der Waals surface area contributed by atoms with E-state index in [0.29, 0.717) is 17.0 Å². The Morgan fingerprint density at radius 2 is 2.24 bits per heavy atom. The van der Waals surface area contributed by atoms with Crippen LogP contribution in [0.4, 0.5) is 10.1 Å². The number of benzene rings is 1. The van der Waals surface area contributed by atoms with Crippen LogP contribution in [0.1, 0.15) is 12.5 Å². The SMILES string of the molecule is CCc1cc(Cl)cc(F)c1NC(=S)NC(=N)N. The van der Waals surface area contributed by atoms with Crippen molar-refractivity contribution >= 4 is 40.6 Å². The van der Waals surface area contributed by atoms with Crippen molar-refractivity contribution in [2.45, 2.75) is 13.3 Å². The summed E-state index contributed by atoms with van der Waals surface area (Å²) in [6, 6.07) is 2.85. The lowest BCUT2D eigenvalue weighted by Crippen LogP contribution is -2.38. The second kappa shape index (κ2) is 5.79. The van der Waals surface area contributed by atoms with Crippen LogP contribution < -0.4 is 16.4 Å². The molecule has 0 radical (unpaired) electrons. The van der Waals surface area contributed by atoms with Gasteiger partial charge in [-0.05, 0) is 36.3 Å². The summed E-state index contributed by atoms with van der Waals surface area (Å²) >= 11 is 10.6. The zero-order valence-electron chi connectivity index (χ0n) is 9.10. The lowest BCUT2D eigenvalue weighted by atomic mass is 10.1. The fraction of sp³-hybridized carbons (Fsp3) is 0.200. The fourth-order valence-corrected chi connectivity index (χ4v) is 1.75. The van der Waals surface area contributed by atoms with Gasteiger partial charge in [0.2, 0.25) is 0 Å². The molecule has 17 heavy (non-hydrogen) atoms. The Bertz CT molecular complexity index is 464. The van der Waals surface area contributed by atoms with Crippen LogP contribution in [0.2, 0.25) is 5.02 Å². The molecule has 0 aliphatic carbocycles. The van der Waals surface area contributed by atoms with E-state index in [4.69, 9.17) is 35.0 Å². The van der Waals surface area contributed by atoms with Crippen LogP contribution in [-0.4, -0.2) is 11.1 Å². The Morgan fingerprint density at radius 1 is 1.59 bits per heavy atom. The molecule has 92 valence electrons. The van der Waals surface area contributed by atoms with Crippen LogP contribution in [0, 0.1) is 11.2 Å². The number of thiocarbonyl (C=S) groups is 1. The first kappa shape index (κ1) is 13.7. The molecular weight excluding hydrogens is 263 g/mol. The third kappa shape index (κ3) is 3.83. The van der Waals surface area contributed by atoms with Crippen molar-refractivity contribution < 1.29 is 4.39 Å². The standard InChI is InChI=1S/C10H12ClFN4S/c1-2-5-3-6(11)4-7(12)8(5)15-10(17)16-9(13)14/h3-4H,2H2,1H3,(H5,13,14,15,16,17). The van der Waals surface area contributed by atoms with E-state index in [1.165, 1.54) is 6.07 Å². The largest absolute Gasteiger partial charge is 0.370 e. The van der Waals surface area contributed by atoms with Gasteiger partial charge in [-0.1, -0.05) is 18.5 Å². The molecule has 0 atom stereocenters. The summed E-state index contributed by atoms with van der Waals surface area (Å²) in [5.41, 5.74) is 6.05. The highest BCUT2D eigenvalue weighted by atomic mass is 35.5. The van der Waals surface area contributed by atoms with Crippen molar-refractivity contribution in [1.82, 2.24) is 5.32 Å². The molecule has 7 heteroatoms. The van der Waals surface area contributed by atoms with E-state index in [2.05, 4.69) is 10.6 Å². The maximum Gasteiger partial charge on any atom is 0.192 e. The number of nitrogens with one attached hydrogen (secondary N) is 3. The van der Waals surface area contributed by atoms with Crippen molar-refractivity contribution in [2.24, 2.45) is 5.73 Å². The van der Waals surface area contributed by atoms with E-state index in [9.17, 15) is 4.39 Å². The fourth-order valence-electron chi connectivity index (χ4n) is 1.31. The molecule has 0 saturated carbocycles. The number of hydrogen-bond acceptors (Lipinski definition) is 2.